The summed E-state index contributed by atoms with van der Waals surface area (Å²) in [7, 11) is 0. The van der Waals surface area contributed by atoms with Gasteiger partial charge in [-0.15, -0.1) is 11.8 Å². The number of rotatable bonds is 6. The van der Waals surface area contributed by atoms with Crippen molar-refractivity contribution in [2.45, 2.75) is 38.0 Å². The lowest BCUT2D eigenvalue weighted by atomic mass is 10.3. The highest BCUT2D eigenvalue weighted by Crippen LogP contribution is 2.27. The predicted molar refractivity (Wildman–Crippen MR) is 76.8 cm³/mol. The van der Waals surface area contributed by atoms with Crippen LogP contribution in [0.1, 0.15) is 26.7 Å². The summed E-state index contributed by atoms with van der Waals surface area (Å²) in [6, 6.07) is -0.0629. The topological polar surface area (TPSA) is 73.3 Å². The van der Waals surface area contributed by atoms with E-state index < -0.39 is 0 Å². The highest BCUT2D eigenvalue weighted by atomic mass is 32.2. The first-order valence-corrected chi connectivity index (χ1v) is 8.08. The molecule has 2 N–H and O–H groups in total. The molecule has 18 heavy (non-hydrogen) atoms. The number of likely N-dealkylation sites (tertiary alicyclic amines) is 1. The molecule has 0 aromatic heterocycles. The molecule has 102 valence electrons. The zero-order valence-corrected chi connectivity index (χ0v) is 12.5. The van der Waals surface area contributed by atoms with Gasteiger partial charge < -0.3 is 4.72 Å². The van der Waals surface area contributed by atoms with Gasteiger partial charge in [-0.1, -0.05) is 11.9 Å². The summed E-state index contributed by atoms with van der Waals surface area (Å²) in [5.74, 6) is 0.976. The minimum atomic E-state index is -0.262. The quantitative estimate of drug-likeness (QED) is 0.335. The SMILES string of the molecule is CSNC(=N)CCSC1CC(=O)N(C(C)C)C1=O. The van der Waals surface area contributed by atoms with Crippen LogP contribution in [0.5, 0.6) is 0 Å². The fraction of sp³-hybridized carbons (Fsp3) is 0.727. The lowest BCUT2D eigenvalue weighted by Gasteiger charge is -2.18. The summed E-state index contributed by atoms with van der Waals surface area (Å²) in [5.41, 5.74) is 0. The fourth-order valence-electron chi connectivity index (χ4n) is 1.77. The summed E-state index contributed by atoms with van der Waals surface area (Å²) >= 11 is 2.85. The van der Waals surface area contributed by atoms with Crippen LogP contribution in [-0.4, -0.2) is 45.9 Å². The normalized spacial score (nSPS) is 19.8. The molecule has 0 radical (unpaired) electrons. The average Bonchev–Trinajstić information content (AvgIpc) is 2.54. The molecule has 0 saturated carbocycles. The maximum absolute atomic E-state index is 12.0. The molecule has 1 heterocycles. The Bertz CT molecular complexity index is 347. The number of thioether (sulfide) groups is 1. The fourth-order valence-corrected chi connectivity index (χ4v) is 3.24. The highest BCUT2D eigenvalue weighted by molar-refractivity contribution is 8.00. The van der Waals surface area contributed by atoms with Crippen molar-refractivity contribution in [2.75, 3.05) is 12.0 Å². The van der Waals surface area contributed by atoms with Crippen LogP contribution in [0.25, 0.3) is 0 Å². The Kier molecular flexibility index (Phi) is 6.01. The number of amides is 2. The number of carbonyl (C=O) groups excluding carboxylic acids is 2. The minimum Gasteiger partial charge on any atom is -0.319 e. The van der Waals surface area contributed by atoms with Crippen LogP contribution in [0.4, 0.5) is 0 Å². The van der Waals surface area contributed by atoms with Crippen LogP contribution in [-0.2, 0) is 9.59 Å². The molecule has 1 atom stereocenters. The molecule has 1 aliphatic heterocycles. The molecule has 0 aromatic rings. The third-order valence-electron chi connectivity index (χ3n) is 2.55. The monoisotopic (exact) mass is 289 g/mol. The number of carbonyl (C=O) groups is 2. The van der Waals surface area contributed by atoms with E-state index in [1.807, 2.05) is 20.1 Å². The molecule has 0 spiro atoms. The molecule has 5 nitrogen and oxygen atoms in total. The van der Waals surface area contributed by atoms with E-state index in [1.165, 1.54) is 28.6 Å². The maximum atomic E-state index is 12.0. The Morgan fingerprint density at radius 1 is 1.56 bits per heavy atom. The van der Waals surface area contributed by atoms with Crippen molar-refractivity contribution in [2.24, 2.45) is 0 Å². The van der Waals surface area contributed by atoms with Crippen molar-refractivity contribution in [1.82, 2.24) is 9.62 Å². The van der Waals surface area contributed by atoms with Crippen molar-refractivity contribution in [3.63, 3.8) is 0 Å². The van der Waals surface area contributed by atoms with Gasteiger partial charge >= 0.3 is 0 Å². The van der Waals surface area contributed by atoms with E-state index in [4.69, 9.17) is 5.41 Å². The van der Waals surface area contributed by atoms with E-state index >= 15 is 0 Å². The molecule has 1 unspecified atom stereocenters. The largest absolute Gasteiger partial charge is 0.319 e. The van der Waals surface area contributed by atoms with Crippen LogP contribution in [0.3, 0.4) is 0 Å². The van der Waals surface area contributed by atoms with Gasteiger partial charge in [0.05, 0.1) is 5.25 Å². The van der Waals surface area contributed by atoms with Crippen LogP contribution in [0.15, 0.2) is 0 Å². The number of imide groups is 1. The van der Waals surface area contributed by atoms with Gasteiger partial charge in [-0.05, 0) is 13.8 Å². The van der Waals surface area contributed by atoms with E-state index in [9.17, 15) is 9.59 Å². The zero-order chi connectivity index (χ0) is 13.7. The molecule has 2 amide bonds. The lowest BCUT2D eigenvalue weighted by molar-refractivity contribution is -0.140. The molecule has 0 aliphatic carbocycles. The molecule has 1 aliphatic rings. The first kappa shape index (κ1) is 15.4. The van der Waals surface area contributed by atoms with E-state index in [2.05, 4.69) is 4.72 Å². The van der Waals surface area contributed by atoms with E-state index in [0.717, 1.165) is 0 Å². The standard InChI is InChI=1S/C11H19N3O2S2/c1-7(2)14-10(15)6-8(11(14)16)18-5-4-9(12)13-17-3/h7-8H,4-6H2,1-3H3,(H2,12,13). The molecular weight excluding hydrogens is 270 g/mol. The minimum absolute atomic E-state index is 0.0629. The average molecular weight is 289 g/mol. The van der Waals surface area contributed by atoms with Crippen molar-refractivity contribution in [3.05, 3.63) is 0 Å². The van der Waals surface area contributed by atoms with E-state index in [-0.39, 0.29) is 23.1 Å². The Hall–Kier alpha value is -0.690. The number of amidine groups is 1. The summed E-state index contributed by atoms with van der Waals surface area (Å²) in [5, 5.41) is 7.29. The summed E-state index contributed by atoms with van der Waals surface area (Å²) in [6.45, 7) is 3.70. The third kappa shape index (κ3) is 3.91. The van der Waals surface area contributed by atoms with Gasteiger partial charge in [0.15, 0.2) is 0 Å². The van der Waals surface area contributed by atoms with Crippen LogP contribution in [0.2, 0.25) is 0 Å². The molecule has 7 heteroatoms. The smallest absolute Gasteiger partial charge is 0.243 e. The summed E-state index contributed by atoms with van der Waals surface area (Å²) < 4.78 is 2.84. The van der Waals surface area contributed by atoms with E-state index in [0.29, 0.717) is 24.4 Å². The maximum Gasteiger partial charge on any atom is 0.243 e. The van der Waals surface area contributed by atoms with Gasteiger partial charge in [0.25, 0.3) is 0 Å². The second-order valence-electron chi connectivity index (χ2n) is 4.29. The Morgan fingerprint density at radius 2 is 2.22 bits per heavy atom. The lowest BCUT2D eigenvalue weighted by Crippen LogP contribution is -2.37. The van der Waals surface area contributed by atoms with Crippen LogP contribution < -0.4 is 4.72 Å². The molecule has 1 rings (SSSR count). The molecule has 0 bridgehead atoms. The van der Waals surface area contributed by atoms with Crippen LogP contribution in [0, 0.1) is 5.41 Å². The van der Waals surface area contributed by atoms with Gasteiger partial charge in [0.1, 0.15) is 5.84 Å². The van der Waals surface area contributed by atoms with Crippen LogP contribution >= 0.6 is 23.7 Å². The second-order valence-corrected chi connectivity index (χ2v) is 6.22. The van der Waals surface area contributed by atoms with Crippen molar-refractivity contribution >= 4 is 41.4 Å². The predicted octanol–water partition coefficient (Wildman–Crippen LogP) is 1.49. The van der Waals surface area contributed by atoms with Gasteiger partial charge in [0.2, 0.25) is 11.8 Å². The highest BCUT2D eigenvalue weighted by Gasteiger charge is 2.39. The second kappa shape index (κ2) is 7.04. The molecule has 1 fully saturated rings. The van der Waals surface area contributed by atoms with Crippen molar-refractivity contribution in [1.29, 1.82) is 5.41 Å². The van der Waals surface area contributed by atoms with Gasteiger partial charge in [-0.2, -0.15) is 0 Å². The molecule has 0 aromatic carbocycles. The Balaban J connectivity index is 2.39. The third-order valence-corrected chi connectivity index (χ3v) is 4.22. The summed E-state index contributed by atoms with van der Waals surface area (Å²) in [4.78, 5) is 25.0. The first-order valence-electron chi connectivity index (χ1n) is 5.81. The number of hydrogen-bond acceptors (Lipinski definition) is 5. The first-order chi connectivity index (χ1) is 8.47. The molecule has 1 saturated heterocycles. The Labute approximate surface area is 116 Å². The summed E-state index contributed by atoms with van der Waals surface area (Å²) in [6.07, 6.45) is 2.75. The zero-order valence-electron chi connectivity index (χ0n) is 10.9. The van der Waals surface area contributed by atoms with Gasteiger partial charge in [-0.25, -0.2) is 0 Å². The van der Waals surface area contributed by atoms with Crippen molar-refractivity contribution in [3.8, 4) is 0 Å². The number of hydrogen-bond donors (Lipinski definition) is 2. The van der Waals surface area contributed by atoms with Crippen molar-refractivity contribution < 1.29 is 9.59 Å². The van der Waals surface area contributed by atoms with Gasteiger partial charge in [-0.3, -0.25) is 19.9 Å². The number of nitrogens with one attached hydrogen (secondary N) is 2. The van der Waals surface area contributed by atoms with Gasteiger partial charge in [0, 0.05) is 30.9 Å². The Morgan fingerprint density at radius 3 is 2.72 bits per heavy atom. The molecular formula is C11H19N3O2S2. The number of nitrogens with zero attached hydrogens (tertiary/aromatic N) is 1. The van der Waals surface area contributed by atoms with E-state index in [1.54, 1.807) is 0 Å².